The fourth-order valence-electron chi connectivity index (χ4n) is 1.58. The van der Waals surface area contributed by atoms with Gasteiger partial charge in [-0.2, -0.15) is 0 Å². The molecule has 0 rings (SSSR count). The molecule has 2 N–H and O–H groups in total. The Morgan fingerprint density at radius 3 is 2.18 bits per heavy atom. The summed E-state index contributed by atoms with van der Waals surface area (Å²) in [7, 11) is 5.17. The molecule has 7 heteroatoms. The van der Waals surface area contributed by atoms with Gasteiger partial charge in [-0.3, -0.25) is 9.59 Å². The summed E-state index contributed by atoms with van der Waals surface area (Å²) in [5, 5.41) is 6.06. The highest BCUT2D eigenvalue weighted by atomic mass is 16.2. The lowest BCUT2D eigenvalue weighted by Crippen LogP contribution is -2.49. The zero-order chi connectivity index (χ0) is 17.3. The number of hydrogen-bond acceptors (Lipinski definition) is 3. The summed E-state index contributed by atoms with van der Waals surface area (Å²) in [4.78, 5) is 31.1. The maximum Gasteiger partial charge on any atom is 0.243 e. The Morgan fingerprint density at radius 2 is 1.73 bits per heavy atom. The van der Waals surface area contributed by atoms with Crippen LogP contribution < -0.4 is 10.6 Å². The van der Waals surface area contributed by atoms with Crippen molar-refractivity contribution < 1.29 is 9.59 Å². The number of carbonyl (C=O) groups is 2. The molecule has 0 aliphatic heterocycles. The van der Waals surface area contributed by atoms with Gasteiger partial charge < -0.3 is 20.4 Å². The molecular formula is C15H31N5O2. The highest BCUT2D eigenvalue weighted by Crippen LogP contribution is 1.98. The SMILES string of the molecule is CCCNC(=NCC(=O)N(C)C)N(C)CC(=O)NC(C)(C)C. The highest BCUT2D eigenvalue weighted by Gasteiger charge is 2.17. The summed E-state index contributed by atoms with van der Waals surface area (Å²) < 4.78 is 0. The van der Waals surface area contributed by atoms with Crippen molar-refractivity contribution in [3.63, 3.8) is 0 Å². The van der Waals surface area contributed by atoms with Crippen molar-refractivity contribution in [2.24, 2.45) is 4.99 Å². The van der Waals surface area contributed by atoms with Crippen LogP contribution in [0.1, 0.15) is 34.1 Å². The van der Waals surface area contributed by atoms with Crippen molar-refractivity contribution in [3.8, 4) is 0 Å². The summed E-state index contributed by atoms with van der Waals surface area (Å²) >= 11 is 0. The van der Waals surface area contributed by atoms with E-state index >= 15 is 0 Å². The molecule has 0 spiro atoms. The van der Waals surface area contributed by atoms with Crippen LogP contribution in [0.5, 0.6) is 0 Å². The molecule has 22 heavy (non-hydrogen) atoms. The van der Waals surface area contributed by atoms with Crippen LogP contribution in [0.25, 0.3) is 0 Å². The number of amides is 2. The Hall–Kier alpha value is -1.79. The summed E-state index contributed by atoms with van der Waals surface area (Å²) in [5.41, 5.74) is -0.271. The van der Waals surface area contributed by atoms with Gasteiger partial charge in [0.15, 0.2) is 5.96 Å². The van der Waals surface area contributed by atoms with Crippen LogP contribution >= 0.6 is 0 Å². The molecule has 0 aliphatic carbocycles. The van der Waals surface area contributed by atoms with E-state index in [0.717, 1.165) is 13.0 Å². The maximum atomic E-state index is 12.0. The van der Waals surface area contributed by atoms with Gasteiger partial charge >= 0.3 is 0 Å². The van der Waals surface area contributed by atoms with E-state index < -0.39 is 0 Å². The zero-order valence-corrected chi connectivity index (χ0v) is 15.0. The van der Waals surface area contributed by atoms with Crippen molar-refractivity contribution in [3.05, 3.63) is 0 Å². The molecule has 0 aromatic rings. The second-order valence-electron chi connectivity index (χ2n) is 6.51. The minimum atomic E-state index is -0.271. The van der Waals surface area contributed by atoms with E-state index in [1.807, 2.05) is 27.7 Å². The van der Waals surface area contributed by atoms with Crippen LogP contribution in [0.3, 0.4) is 0 Å². The third-order valence-electron chi connectivity index (χ3n) is 2.65. The summed E-state index contributed by atoms with van der Waals surface area (Å²) in [6, 6.07) is 0. The minimum absolute atomic E-state index is 0.0598. The molecule has 7 nitrogen and oxygen atoms in total. The lowest BCUT2D eigenvalue weighted by molar-refractivity contribution is -0.127. The van der Waals surface area contributed by atoms with Gasteiger partial charge in [-0.25, -0.2) is 4.99 Å². The topological polar surface area (TPSA) is 77.0 Å². The van der Waals surface area contributed by atoms with Gasteiger partial charge in [0.1, 0.15) is 6.54 Å². The monoisotopic (exact) mass is 313 g/mol. The number of guanidine groups is 1. The van der Waals surface area contributed by atoms with E-state index in [9.17, 15) is 9.59 Å². The van der Waals surface area contributed by atoms with E-state index in [2.05, 4.69) is 15.6 Å². The maximum absolute atomic E-state index is 12.0. The fourth-order valence-corrected chi connectivity index (χ4v) is 1.58. The molecule has 0 heterocycles. The van der Waals surface area contributed by atoms with Crippen LogP contribution in [0, 0.1) is 0 Å². The third-order valence-corrected chi connectivity index (χ3v) is 2.65. The standard InChI is InChI=1S/C15H31N5O2/c1-8-9-16-14(17-10-13(22)19(5)6)20(7)11-12(21)18-15(2,3)4/h8-11H2,1-7H3,(H,16,17)(H,18,21). The molecule has 0 aromatic heterocycles. The Kier molecular flexibility index (Phi) is 8.52. The number of likely N-dealkylation sites (N-methyl/N-ethyl adjacent to an activating group) is 2. The summed E-state index contributed by atoms with van der Waals surface area (Å²) in [5.74, 6) is 0.393. The third kappa shape index (κ3) is 9.20. The second-order valence-corrected chi connectivity index (χ2v) is 6.51. The molecule has 0 aromatic carbocycles. The predicted molar refractivity (Wildman–Crippen MR) is 89.8 cm³/mol. The summed E-state index contributed by atoms with van der Waals surface area (Å²) in [6.45, 7) is 8.83. The van der Waals surface area contributed by atoms with Crippen molar-refractivity contribution in [2.75, 3.05) is 40.8 Å². The van der Waals surface area contributed by atoms with Crippen LogP contribution in [0.2, 0.25) is 0 Å². The lowest BCUT2D eigenvalue weighted by Gasteiger charge is -2.25. The normalized spacial score (nSPS) is 11.9. The largest absolute Gasteiger partial charge is 0.356 e. The van der Waals surface area contributed by atoms with Crippen LogP contribution in [0.15, 0.2) is 4.99 Å². The molecule has 0 aliphatic rings. The van der Waals surface area contributed by atoms with Crippen LogP contribution in [-0.4, -0.2) is 73.9 Å². The molecule has 0 radical (unpaired) electrons. The fraction of sp³-hybridized carbons (Fsp3) is 0.800. The molecule has 0 unspecified atom stereocenters. The molecule has 0 saturated heterocycles. The number of rotatable bonds is 6. The van der Waals surface area contributed by atoms with E-state index in [-0.39, 0.29) is 30.4 Å². The Bertz CT molecular complexity index is 399. The quantitative estimate of drug-likeness (QED) is 0.545. The number of nitrogens with one attached hydrogen (secondary N) is 2. The predicted octanol–water partition coefficient (Wildman–Crippen LogP) is 0.277. The molecule has 0 saturated carbocycles. The first kappa shape index (κ1) is 20.2. The first-order valence-electron chi connectivity index (χ1n) is 7.57. The first-order chi connectivity index (χ1) is 10.1. The Morgan fingerprint density at radius 1 is 1.14 bits per heavy atom. The molecule has 2 amide bonds. The minimum Gasteiger partial charge on any atom is -0.356 e. The zero-order valence-electron chi connectivity index (χ0n) is 15.0. The highest BCUT2D eigenvalue weighted by molar-refractivity contribution is 5.88. The van der Waals surface area contributed by atoms with Crippen LogP contribution in [-0.2, 0) is 9.59 Å². The van der Waals surface area contributed by atoms with Gasteiger partial charge in [0, 0.05) is 33.2 Å². The van der Waals surface area contributed by atoms with E-state index in [1.54, 1.807) is 26.0 Å². The summed E-state index contributed by atoms with van der Waals surface area (Å²) in [6.07, 6.45) is 0.933. The molecule has 0 atom stereocenters. The van der Waals surface area contributed by atoms with Crippen molar-refractivity contribution in [1.29, 1.82) is 0 Å². The van der Waals surface area contributed by atoms with Gasteiger partial charge in [-0.15, -0.1) is 0 Å². The van der Waals surface area contributed by atoms with Gasteiger partial charge in [0.2, 0.25) is 11.8 Å². The van der Waals surface area contributed by atoms with Gasteiger partial charge in [-0.05, 0) is 27.2 Å². The smallest absolute Gasteiger partial charge is 0.243 e. The van der Waals surface area contributed by atoms with Crippen molar-refractivity contribution in [2.45, 2.75) is 39.7 Å². The molecule has 0 bridgehead atoms. The van der Waals surface area contributed by atoms with Gasteiger partial charge in [-0.1, -0.05) is 6.92 Å². The van der Waals surface area contributed by atoms with E-state index in [4.69, 9.17) is 0 Å². The molecule has 0 fully saturated rings. The molecule has 128 valence electrons. The number of hydrogen-bond donors (Lipinski definition) is 2. The van der Waals surface area contributed by atoms with Crippen molar-refractivity contribution in [1.82, 2.24) is 20.4 Å². The van der Waals surface area contributed by atoms with E-state index in [1.165, 1.54) is 4.90 Å². The number of nitrogens with zero attached hydrogens (tertiary/aromatic N) is 3. The van der Waals surface area contributed by atoms with Crippen LogP contribution in [0.4, 0.5) is 0 Å². The lowest BCUT2D eigenvalue weighted by atomic mass is 10.1. The van der Waals surface area contributed by atoms with E-state index in [0.29, 0.717) is 5.96 Å². The first-order valence-corrected chi connectivity index (χ1v) is 7.57. The average molecular weight is 313 g/mol. The Labute approximate surface area is 134 Å². The molecular weight excluding hydrogens is 282 g/mol. The van der Waals surface area contributed by atoms with Gasteiger partial charge in [0.05, 0.1) is 6.54 Å². The van der Waals surface area contributed by atoms with Gasteiger partial charge in [0.25, 0.3) is 0 Å². The van der Waals surface area contributed by atoms with Crippen molar-refractivity contribution >= 4 is 17.8 Å². The average Bonchev–Trinajstić information content (AvgIpc) is 2.35. The second kappa shape index (κ2) is 9.27. The number of carbonyl (C=O) groups excluding carboxylic acids is 2. The Balaban J connectivity index is 4.76. The number of aliphatic imine (C=N–C) groups is 1.